The van der Waals surface area contributed by atoms with Crippen molar-refractivity contribution in [3.8, 4) is 6.07 Å². The molecule has 2 N–H and O–H groups in total. The van der Waals surface area contributed by atoms with Gasteiger partial charge in [0.05, 0.1) is 24.0 Å². The van der Waals surface area contributed by atoms with Crippen LogP contribution in [-0.4, -0.2) is 30.0 Å². The number of aromatic nitrogens is 2. The number of rotatable bonds is 5. The van der Waals surface area contributed by atoms with E-state index in [2.05, 4.69) is 20.6 Å². The minimum absolute atomic E-state index is 0.186. The predicted octanol–water partition coefficient (Wildman–Crippen LogP) is 3.41. The number of carbonyl (C=O) groups excluding carboxylic acids is 1. The maximum Gasteiger partial charge on any atom is 0.275 e. The van der Waals surface area contributed by atoms with Crippen LogP contribution in [0.4, 0.5) is 22.9 Å². The number of amides is 1. The Labute approximate surface area is 157 Å². The van der Waals surface area contributed by atoms with Crippen molar-refractivity contribution in [2.75, 3.05) is 29.6 Å². The average molecular weight is 358 g/mol. The Morgan fingerprint density at radius 3 is 2.44 bits per heavy atom. The largest absolute Gasteiger partial charge is 0.378 e. The third-order valence-electron chi connectivity index (χ3n) is 3.79. The van der Waals surface area contributed by atoms with Crippen molar-refractivity contribution < 1.29 is 4.79 Å². The molecule has 2 aromatic carbocycles. The fraction of sp³-hybridized carbons (Fsp3) is 0.100. The minimum atomic E-state index is -0.389. The molecule has 0 aliphatic rings. The van der Waals surface area contributed by atoms with Gasteiger partial charge < -0.3 is 15.5 Å². The summed E-state index contributed by atoms with van der Waals surface area (Å²) < 4.78 is 0. The van der Waals surface area contributed by atoms with Gasteiger partial charge in [-0.2, -0.15) is 5.26 Å². The molecule has 0 saturated carbocycles. The highest BCUT2D eigenvalue weighted by molar-refractivity contribution is 6.02. The molecular formula is C20H18N6O. The van der Waals surface area contributed by atoms with Gasteiger partial charge in [0.25, 0.3) is 5.91 Å². The van der Waals surface area contributed by atoms with Gasteiger partial charge in [0.15, 0.2) is 0 Å². The first-order chi connectivity index (χ1) is 13.0. The van der Waals surface area contributed by atoms with Crippen LogP contribution in [0.25, 0.3) is 0 Å². The van der Waals surface area contributed by atoms with E-state index in [1.807, 2.05) is 49.3 Å². The lowest BCUT2D eigenvalue weighted by atomic mass is 10.2. The van der Waals surface area contributed by atoms with Crippen LogP contribution in [0.15, 0.2) is 60.9 Å². The van der Waals surface area contributed by atoms with Crippen LogP contribution in [-0.2, 0) is 0 Å². The van der Waals surface area contributed by atoms with Crippen LogP contribution in [0.5, 0.6) is 0 Å². The van der Waals surface area contributed by atoms with Crippen LogP contribution >= 0.6 is 0 Å². The number of nitriles is 1. The third-order valence-corrected chi connectivity index (χ3v) is 3.79. The Bertz CT molecular complexity index is 975. The lowest BCUT2D eigenvalue weighted by Crippen LogP contribution is -2.14. The van der Waals surface area contributed by atoms with Crippen molar-refractivity contribution in [3.63, 3.8) is 0 Å². The lowest BCUT2D eigenvalue weighted by Gasteiger charge is -2.13. The van der Waals surface area contributed by atoms with Crippen LogP contribution in [0.3, 0.4) is 0 Å². The van der Waals surface area contributed by atoms with E-state index in [1.54, 1.807) is 24.3 Å². The normalized spacial score (nSPS) is 9.96. The maximum absolute atomic E-state index is 12.3. The molecule has 0 aliphatic carbocycles. The molecule has 3 rings (SSSR count). The fourth-order valence-corrected chi connectivity index (χ4v) is 2.36. The highest BCUT2D eigenvalue weighted by Crippen LogP contribution is 2.18. The molecule has 0 atom stereocenters. The van der Waals surface area contributed by atoms with Crippen LogP contribution < -0.4 is 15.5 Å². The second kappa shape index (κ2) is 7.97. The van der Waals surface area contributed by atoms with Crippen molar-refractivity contribution >= 4 is 28.8 Å². The summed E-state index contributed by atoms with van der Waals surface area (Å²) >= 11 is 0. The molecule has 27 heavy (non-hydrogen) atoms. The first kappa shape index (κ1) is 17.9. The summed E-state index contributed by atoms with van der Waals surface area (Å²) in [6, 6.07) is 16.6. The fourth-order valence-electron chi connectivity index (χ4n) is 2.36. The molecule has 7 heteroatoms. The first-order valence-corrected chi connectivity index (χ1v) is 8.23. The molecule has 0 aliphatic heterocycles. The van der Waals surface area contributed by atoms with E-state index in [9.17, 15) is 4.79 Å². The van der Waals surface area contributed by atoms with E-state index >= 15 is 0 Å². The SMILES string of the molecule is CN(C)c1ccc(Nc2cnc(C(=O)Nc3cccc(C#N)c3)cn2)cc1. The summed E-state index contributed by atoms with van der Waals surface area (Å²) in [5, 5.41) is 14.8. The van der Waals surface area contributed by atoms with Gasteiger partial charge in [0.2, 0.25) is 0 Å². The van der Waals surface area contributed by atoms with Crippen LogP contribution in [0.1, 0.15) is 16.1 Å². The molecular weight excluding hydrogens is 340 g/mol. The number of anilines is 4. The molecule has 0 unspecified atom stereocenters. The molecule has 0 saturated heterocycles. The zero-order chi connectivity index (χ0) is 19.2. The quantitative estimate of drug-likeness (QED) is 0.726. The number of hydrogen-bond donors (Lipinski definition) is 2. The Balaban J connectivity index is 1.65. The Morgan fingerprint density at radius 1 is 1.04 bits per heavy atom. The molecule has 7 nitrogen and oxygen atoms in total. The molecule has 1 aromatic heterocycles. The van der Waals surface area contributed by atoms with Crippen molar-refractivity contribution in [3.05, 3.63) is 72.2 Å². The third kappa shape index (κ3) is 4.58. The van der Waals surface area contributed by atoms with Gasteiger partial charge in [-0.25, -0.2) is 9.97 Å². The number of nitrogens with zero attached hydrogens (tertiary/aromatic N) is 4. The van der Waals surface area contributed by atoms with Gasteiger partial charge in [0.1, 0.15) is 11.5 Å². The summed E-state index contributed by atoms with van der Waals surface area (Å²) in [4.78, 5) is 22.7. The van der Waals surface area contributed by atoms with E-state index in [-0.39, 0.29) is 11.6 Å². The van der Waals surface area contributed by atoms with Gasteiger partial charge in [-0.15, -0.1) is 0 Å². The first-order valence-electron chi connectivity index (χ1n) is 8.23. The van der Waals surface area contributed by atoms with Crippen molar-refractivity contribution in [2.24, 2.45) is 0 Å². The van der Waals surface area contributed by atoms with E-state index in [4.69, 9.17) is 5.26 Å². The molecule has 134 valence electrons. The number of hydrogen-bond acceptors (Lipinski definition) is 6. The maximum atomic E-state index is 12.3. The number of nitrogens with one attached hydrogen (secondary N) is 2. The van der Waals surface area contributed by atoms with Crippen molar-refractivity contribution in [1.29, 1.82) is 5.26 Å². The summed E-state index contributed by atoms with van der Waals surface area (Å²) in [6.07, 6.45) is 2.90. The zero-order valence-corrected chi connectivity index (χ0v) is 15.0. The highest BCUT2D eigenvalue weighted by atomic mass is 16.1. The lowest BCUT2D eigenvalue weighted by molar-refractivity contribution is 0.102. The molecule has 3 aromatic rings. The highest BCUT2D eigenvalue weighted by Gasteiger charge is 2.09. The summed E-state index contributed by atoms with van der Waals surface area (Å²) in [6.45, 7) is 0. The second-order valence-electron chi connectivity index (χ2n) is 6.00. The van der Waals surface area contributed by atoms with Crippen molar-refractivity contribution in [1.82, 2.24) is 9.97 Å². The van der Waals surface area contributed by atoms with Gasteiger partial charge in [-0.3, -0.25) is 4.79 Å². The topological polar surface area (TPSA) is 93.9 Å². The van der Waals surface area contributed by atoms with E-state index < -0.39 is 0 Å². The number of carbonyl (C=O) groups is 1. The Hall–Kier alpha value is -3.92. The van der Waals surface area contributed by atoms with E-state index in [0.717, 1.165) is 11.4 Å². The minimum Gasteiger partial charge on any atom is -0.378 e. The van der Waals surface area contributed by atoms with Gasteiger partial charge in [0, 0.05) is 31.2 Å². The van der Waals surface area contributed by atoms with Crippen molar-refractivity contribution in [2.45, 2.75) is 0 Å². The molecule has 0 bridgehead atoms. The second-order valence-corrected chi connectivity index (χ2v) is 6.00. The zero-order valence-electron chi connectivity index (χ0n) is 15.0. The smallest absolute Gasteiger partial charge is 0.275 e. The van der Waals surface area contributed by atoms with Gasteiger partial charge in [-0.1, -0.05) is 6.07 Å². The Morgan fingerprint density at radius 2 is 1.81 bits per heavy atom. The summed E-state index contributed by atoms with van der Waals surface area (Å²) in [7, 11) is 3.96. The summed E-state index contributed by atoms with van der Waals surface area (Å²) in [5.74, 6) is 0.148. The number of benzene rings is 2. The molecule has 1 heterocycles. The van der Waals surface area contributed by atoms with Crippen LogP contribution in [0.2, 0.25) is 0 Å². The van der Waals surface area contributed by atoms with E-state index in [1.165, 1.54) is 12.4 Å². The van der Waals surface area contributed by atoms with Crippen LogP contribution in [0, 0.1) is 11.3 Å². The molecule has 1 amide bonds. The standard InChI is InChI=1S/C20H18N6O/c1-26(2)17-8-6-15(7-9-17)24-19-13-22-18(12-23-19)20(27)25-16-5-3-4-14(10-16)11-21/h3-10,12-13H,1-2H3,(H,23,24)(H,25,27). The predicted molar refractivity (Wildman–Crippen MR) is 105 cm³/mol. The summed E-state index contributed by atoms with van der Waals surface area (Å²) in [5.41, 5.74) is 3.16. The van der Waals surface area contributed by atoms with Gasteiger partial charge >= 0.3 is 0 Å². The average Bonchev–Trinajstić information content (AvgIpc) is 2.69. The van der Waals surface area contributed by atoms with Gasteiger partial charge in [-0.05, 0) is 42.5 Å². The molecule has 0 radical (unpaired) electrons. The monoisotopic (exact) mass is 358 g/mol. The molecule has 0 fully saturated rings. The molecule has 0 spiro atoms. The Kier molecular flexibility index (Phi) is 5.28. The van der Waals surface area contributed by atoms with E-state index in [0.29, 0.717) is 17.1 Å².